The van der Waals surface area contributed by atoms with Crippen molar-refractivity contribution in [3.8, 4) is 0 Å². The molecule has 1 heterocycles. The molecule has 1 aromatic heterocycles. The second-order valence-electron chi connectivity index (χ2n) is 4.20. The average Bonchev–Trinajstić information content (AvgIpc) is 2.24. The predicted molar refractivity (Wildman–Crippen MR) is 60.1 cm³/mol. The topological polar surface area (TPSA) is 34.9 Å². The summed E-state index contributed by atoms with van der Waals surface area (Å²) in [6.07, 6.45) is 7.87. The molecule has 1 saturated carbocycles. The fraction of sp³-hybridized carbons (Fsp3) is 0.636. The molecule has 0 aromatic carbocycles. The van der Waals surface area contributed by atoms with Crippen LogP contribution in [0.25, 0.3) is 0 Å². The van der Waals surface area contributed by atoms with Crippen LogP contribution in [0.1, 0.15) is 32.1 Å². The van der Waals surface area contributed by atoms with E-state index in [-0.39, 0.29) is 5.56 Å². The Bertz CT molecular complexity index is 382. The van der Waals surface area contributed by atoms with Gasteiger partial charge in [0.25, 0.3) is 5.56 Å². The summed E-state index contributed by atoms with van der Waals surface area (Å²) in [5.41, 5.74) is -0.0897. The van der Waals surface area contributed by atoms with Gasteiger partial charge < -0.3 is 0 Å². The van der Waals surface area contributed by atoms with Gasteiger partial charge in [-0.2, -0.15) is 5.10 Å². The Kier molecular flexibility index (Phi) is 3.41. The molecule has 2 rings (SSSR count). The fourth-order valence-corrected chi connectivity index (χ4v) is 2.30. The first-order chi connectivity index (χ1) is 7.25. The van der Waals surface area contributed by atoms with Crippen LogP contribution in [0.5, 0.6) is 0 Å². The van der Waals surface area contributed by atoms with Crippen LogP contribution in [-0.4, -0.2) is 9.78 Å². The number of halogens is 1. The maximum Gasteiger partial charge on any atom is 0.268 e. The second-order valence-corrected chi connectivity index (χ2v) is 4.63. The minimum atomic E-state index is -0.0897. The maximum absolute atomic E-state index is 11.5. The number of nitrogens with zero attached hydrogens (tertiary/aromatic N) is 2. The summed E-state index contributed by atoms with van der Waals surface area (Å²) in [5, 5.41) is 4.46. The van der Waals surface area contributed by atoms with Crippen LogP contribution in [0.2, 0.25) is 5.02 Å². The highest BCUT2D eigenvalue weighted by Gasteiger charge is 2.14. The third kappa shape index (κ3) is 2.81. The molecule has 82 valence electrons. The largest absolute Gasteiger partial charge is 0.268 e. The van der Waals surface area contributed by atoms with E-state index in [1.807, 2.05) is 0 Å². The minimum absolute atomic E-state index is 0.0897. The lowest BCUT2D eigenvalue weighted by Crippen LogP contribution is -2.26. The Balaban J connectivity index is 2.06. The van der Waals surface area contributed by atoms with Gasteiger partial charge in [0.05, 0.1) is 11.2 Å². The van der Waals surface area contributed by atoms with Crippen LogP contribution >= 0.6 is 11.6 Å². The van der Waals surface area contributed by atoms with Crippen molar-refractivity contribution < 1.29 is 0 Å². The van der Waals surface area contributed by atoms with Crippen molar-refractivity contribution in [2.45, 2.75) is 38.6 Å². The van der Waals surface area contributed by atoms with Crippen molar-refractivity contribution in [1.29, 1.82) is 0 Å². The molecule has 0 radical (unpaired) electrons. The molecule has 0 amide bonds. The third-order valence-corrected chi connectivity index (χ3v) is 3.20. The smallest absolute Gasteiger partial charge is 0.268 e. The second kappa shape index (κ2) is 4.79. The molecule has 0 unspecified atom stereocenters. The summed E-state index contributed by atoms with van der Waals surface area (Å²) < 4.78 is 1.53. The zero-order valence-electron chi connectivity index (χ0n) is 8.66. The van der Waals surface area contributed by atoms with Gasteiger partial charge in [-0.15, -0.1) is 0 Å². The lowest BCUT2D eigenvalue weighted by Gasteiger charge is -2.21. The molecular formula is C11H15ClN2O. The van der Waals surface area contributed by atoms with Crippen LogP contribution in [0.3, 0.4) is 0 Å². The van der Waals surface area contributed by atoms with Gasteiger partial charge in [0.2, 0.25) is 0 Å². The van der Waals surface area contributed by atoms with Crippen LogP contribution in [0, 0.1) is 5.92 Å². The van der Waals surface area contributed by atoms with Gasteiger partial charge in [-0.05, 0) is 18.8 Å². The minimum Gasteiger partial charge on any atom is -0.268 e. The number of aromatic nitrogens is 2. The van der Waals surface area contributed by atoms with E-state index in [2.05, 4.69) is 5.10 Å². The zero-order valence-corrected chi connectivity index (χ0v) is 9.41. The highest BCUT2D eigenvalue weighted by atomic mass is 35.5. The highest BCUT2D eigenvalue weighted by Crippen LogP contribution is 2.24. The van der Waals surface area contributed by atoms with Gasteiger partial charge in [-0.3, -0.25) is 4.79 Å². The van der Waals surface area contributed by atoms with Crippen molar-refractivity contribution >= 4 is 11.6 Å². The van der Waals surface area contributed by atoms with Gasteiger partial charge in [0, 0.05) is 12.6 Å². The van der Waals surface area contributed by atoms with Crippen molar-refractivity contribution in [2.24, 2.45) is 5.92 Å². The zero-order chi connectivity index (χ0) is 10.7. The molecule has 15 heavy (non-hydrogen) atoms. The molecule has 0 bridgehead atoms. The molecule has 1 aromatic rings. The molecule has 1 aliphatic carbocycles. The van der Waals surface area contributed by atoms with Crippen molar-refractivity contribution in [2.75, 3.05) is 0 Å². The van der Waals surface area contributed by atoms with Gasteiger partial charge in [-0.1, -0.05) is 30.9 Å². The van der Waals surface area contributed by atoms with E-state index in [1.165, 1.54) is 49.0 Å². The van der Waals surface area contributed by atoms with Gasteiger partial charge in [0.15, 0.2) is 0 Å². The van der Waals surface area contributed by atoms with Gasteiger partial charge >= 0.3 is 0 Å². The first-order valence-electron chi connectivity index (χ1n) is 5.48. The van der Waals surface area contributed by atoms with Crippen LogP contribution < -0.4 is 5.56 Å². The molecule has 1 fully saturated rings. The normalized spacial score (nSPS) is 17.9. The monoisotopic (exact) mass is 226 g/mol. The van der Waals surface area contributed by atoms with E-state index in [0.29, 0.717) is 10.9 Å². The SMILES string of the molecule is O=c1cc(Cl)cnn1CC1CCCCC1. The average molecular weight is 227 g/mol. The molecule has 0 N–H and O–H groups in total. The van der Waals surface area contributed by atoms with E-state index in [9.17, 15) is 4.79 Å². The molecule has 3 nitrogen and oxygen atoms in total. The van der Waals surface area contributed by atoms with Crippen molar-refractivity contribution in [1.82, 2.24) is 9.78 Å². The highest BCUT2D eigenvalue weighted by molar-refractivity contribution is 6.30. The molecule has 0 spiro atoms. The molecule has 0 atom stereocenters. The van der Waals surface area contributed by atoms with E-state index < -0.39 is 0 Å². The number of hydrogen-bond donors (Lipinski definition) is 0. The number of rotatable bonds is 2. The van der Waals surface area contributed by atoms with Crippen LogP contribution in [-0.2, 0) is 6.54 Å². The van der Waals surface area contributed by atoms with E-state index in [1.54, 1.807) is 0 Å². The molecule has 4 heteroatoms. The van der Waals surface area contributed by atoms with Crippen LogP contribution in [0.4, 0.5) is 0 Å². The summed E-state index contributed by atoms with van der Waals surface area (Å²) >= 11 is 5.68. The van der Waals surface area contributed by atoms with E-state index in [4.69, 9.17) is 11.6 Å². The quantitative estimate of drug-likeness (QED) is 0.777. The van der Waals surface area contributed by atoms with Crippen molar-refractivity contribution in [3.05, 3.63) is 27.6 Å². The number of hydrogen-bond acceptors (Lipinski definition) is 2. The molecular weight excluding hydrogens is 212 g/mol. The van der Waals surface area contributed by atoms with Gasteiger partial charge in [-0.25, -0.2) is 4.68 Å². The Morgan fingerprint density at radius 1 is 1.40 bits per heavy atom. The Morgan fingerprint density at radius 3 is 2.80 bits per heavy atom. The first-order valence-corrected chi connectivity index (χ1v) is 5.86. The summed E-state index contributed by atoms with van der Waals surface area (Å²) in [6.45, 7) is 0.746. The Labute approximate surface area is 94.1 Å². The maximum atomic E-state index is 11.5. The first kappa shape index (κ1) is 10.7. The molecule has 1 aliphatic rings. The fourth-order valence-electron chi connectivity index (χ4n) is 2.16. The summed E-state index contributed by atoms with van der Waals surface area (Å²) in [7, 11) is 0. The van der Waals surface area contributed by atoms with E-state index >= 15 is 0 Å². The lowest BCUT2D eigenvalue weighted by atomic mass is 9.89. The van der Waals surface area contributed by atoms with Gasteiger partial charge in [0.1, 0.15) is 0 Å². The Hall–Kier alpha value is -0.830. The van der Waals surface area contributed by atoms with Crippen molar-refractivity contribution in [3.63, 3.8) is 0 Å². The van der Waals surface area contributed by atoms with Crippen LogP contribution in [0.15, 0.2) is 17.1 Å². The summed E-state index contributed by atoms with van der Waals surface area (Å²) in [5.74, 6) is 0.616. The molecule has 0 saturated heterocycles. The standard InChI is InChI=1S/C11H15ClN2O/c12-10-6-11(15)14(13-7-10)8-9-4-2-1-3-5-9/h6-7,9H,1-5,8H2. The van der Waals surface area contributed by atoms with E-state index in [0.717, 1.165) is 6.54 Å². The summed E-state index contributed by atoms with van der Waals surface area (Å²) in [6, 6.07) is 1.43. The third-order valence-electron chi connectivity index (χ3n) is 2.99. The molecule has 0 aliphatic heterocycles. The Morgan fingerprint density at radius 2 is 2.13 bits per heavy atom. The lowest BCUT2D eigenvalue weighted by molar-refractivity contribution is 0.302. The predicted octanol–water partition coefficient (Wildman–Crippen LogP) is 2.48. The summed E-state index contributed by atoms with van der Waals surface area (Å²) in [4.78, 5) is 11.5.